The smallest absolute Gasteiger partial charge is 0.284 e. The van der Waals surface area contributed by atoms with Crippen molar-refractivity contribution in [1.29, 1.82) is 0 Å². The van der Waals surface area contributed by atoms with Gasteiger partial charge in [0.25, 0.3) is 5.91 Å². The number of halogens is 1. The first kappa shape index (κ1) is 15.6. The van der Waals surface area contributed by atoms with Gasteiger partial charge in [0.1, 0.15) is 0 Å². The number of anilines is 1. The Balaban J connectivity index is 1.70. The van der Waals surface area contributed by atoms with Crippen LogP contribution in [0.15, 0.2) is 22.9 Å². The molecule has 0 unspecified atom stereocenters. The summed E-state index contributed by atoms with van der Waals surface area (Å²) in [4.78, 5) is 19.9. The van der Waals surface area contributed by atoms with Gasteiger partial charge in [-0.05, 0) is 35.3 Å². The predicted octanol–water partition coefficient (Wildman–Crippen LogP) is 3.22. The molecular weight excluding hydrogens is 390 g/mol. The van der Waals surface area contributed by atoms with E-state index in [4.69, 9.17) is 0 Å². The van der Waals surface area contributed by atoms with Crippen molar-refractivity contribution in [2.75, 3.05) is 18.6 Å². The first-order valence-electron chi connectivity index (χ1n) is 7.61. The van der Waals surface area contributed by atoms with E-state index in [1.165, 1.54) is 15.3 Å². The van der Waals surface area contributed by atoms with E-state index in [0.717, 1.165) is 16.6 Å². The molecular formula is C16H16BrN5OS. The quantitative estimate of drug-likeness (QED) is 0.623. The van der Waals surface area contributed by atoms with Crippen molar-refractivity contribution in [3.8, 4) is 0 Å². The number of carbonyl (C=O) groups is 1. The molecule has 0 radical (unpaired) electrons. The third-order valence-electron chi connectivity index (χ3n) is 4.40. The summed E-state index contributed by atoms with van der Waals surface area (Å²) in [6, 6.07) is 1.73. The molecule has 0 bridgehead atoms. The van der Waals surface area contributed by atoms with Gasteiger partial charge in [0.05, 0.1) is 10.2 Å². The minimum Gasteiger partial charge on any atom is -0.284 e. The third-order valence-corrected chi connectivity index (χ3v) is 6.06. The lowest BCUT2D eigenvalue weighted by Gasteiger charge is -2.37. The lowest BCUT2D eigenvalue weighted by molar-refractivity contribution is 0.0733. The van der Waals surface area contributed by atoms with E-state index < -0.39 is 0 Å². The van der Waals surface area contributed by atoms with Crippen molar-refractivity contribution >= 4 is 44.5 Å². The first-order valence-corrected chi connectivity index (χ1v) is 9.22. The molecule has 0 spiro atoms. The lowest BCUT2D eigenvalue weighted by Crippen LogP contribution is -2.48. The van der Waals surface area contributed by atoms with E-state index in [9.17, 15) is 4.79 Å². The van der Waals surface area contributed by atoms with Crippen molar-refractivity contribution in [3.05, 3.63) is 43.9 Å². The van der Waals surface area contributed by atoms with Gasteiger partial charge in [-0.1, -0.05) is 0 Å². The molecule has 4 heterocycles. The largest absolute Gasteiger partial charge is 0.292 e. The van der Waals surface area contributed by atoms with Crippen molar-refractivity contribution in [2.45, 2.75) is 20.3 Å². The summed E-state index contributed by atoms with van der Waals surface area (Å²) in [5.41, 5.74) is 3.46. The summed E-state index contributed by atoms with van der Waals surface area (Å²) < 4.78 is 2.44. The molecule has 0 atom stereocenters. The van der Waals surface area contributed by atoms with Gasteiger partial charge in [-0.25, -0.2) is 14.5 Å². The van der Waals surface area contributed by atoms with Gasteiger partial charge in [-0.15, -0.1) is 11.3 Å². The average Bonchev–Trinajstić information content (AvgIpc) is 3.09. The molecule has 0 aliphatic carbocycles. The number of hydrogen-bond acceptors (Lipinski definition) is 5. The Morgan fingerprint density at radius 3 is 2.96 bits per heavy atom. The molecule has 0 saturated heterocycles. The minimum absolute atomic E-state index is 0.104. The Labute approximate surface area is 151 Å². The Morgan fingerprint density at radius 2 is 2.17 bits per heavy atom. The number of fused-ring (bicyclic) bond motifs is 2. The number of carbonyl (C=O) groups excluding carboxylic acids is 1. The fourth-order valence-corrected chi connectivity index (χ4v) is 4.58. The molecule has 0 saturated carbocycles. The molecule has 1 aliphatic rings. The summed E-state index contributed by atoms with van der Waals surface area (Å²) in [6.45, 7) is 4.90. The Hall–Kier alpha value is -1.93. The molecule has 24 heavy (non-hydrogen) atoms. The zero-order chi connectivity index (χ0) is 17.0. The molecule has 0 aromatic carbocycles. The Bertz CT molecular complexity index is 963. The van der Waals surface area contributed by atoms with Crippen LogP contribution in [0.5, 0.6) is 0 Å². The SMILES string of the molecule is Cc1sc2c(c1C)N(C)N(C(=O)c1cc3ncc(Br)cn3n1)CC2. The maximum absolute atomic E-state index is 13.0. The van der Waals surface area contributed by atoms with Crippen LogP contribution in [-0.4, -0.2) is 39.1 Å². The average molecular weight is 406 g/mol. The summed E-state index contributed by atoms with van der Waals surface area (Å²) >= 11 is 5.19. The number of hydrazine groups is 1. The number of thiophene rings is 1. The number of amides is 1. The van der Waals surface area contributed by atoms with E-state index in [0.29, 0.717) is 17.9 Å². The molecule has 1 amide bonds. The minimum atomic E-state index is -0.104. The van der Waals surface area contributed by atoms with Crippen molar-refractivity contribution in [3.63, 3.8) is 0 Å². The number of hydrogen-bond donors (Lipinski definition) is 0. The van der Waals surface area contributed by atoms with Crippen LogP contribution in [-0.2, 0) is 6.42 Å². The van der Waals surface area contributed by atoms with E-state index in [2.05, 4.69) is 39.9 Å². The fraction of sp³-hybridized carbons (Fsp3) is 0.312. The Morgan fingerprint density at radius 1 is 1.38 bits per heavy atom. The Kier molecular flexibility index (Phi) is 3.61. The molecule has 3 aromatic heterocycles. The molecule has 124 valence electrons. The summed E-state index contributed by atoms with van der Waals surface area (Å²) in [7, 11) is 1.94. The maximum atomic E-state index is 13.0. The van der Waals surface area contributed by atoms with Crippen LogP contribution in [0.25, 0.3) is 5.65 Å². The van der Waals surface area contributed by atoms with Gasteiger partial charge >= 0.3 is 0 Å². The van der Waals surface area contributed by atoms with Crippen LogP contribution in [0.4, 0.5) is 5.69 Å². The van der Waals surface area contributed by atoms with Gasteiger partial charge in [-0.3, -0.25) is 9.80 Å². The second-order valence-corrected chi connectivity index (χ2v) is 8.09. The van der Waals surface area contributed by atoms with Gasteiger partial charge in [0.2, 0.25) is 0 Å². The van der Waals surface area contributed by atoms with Crippen LogP contribution in [0.1, 0.15) is 25.8 Å². The normalized spacial score (nSPS) is 14.3. The predicted molar refractivity (Wildman–Crippen MR) is 97.6 cm³/mol. The summed E-state index contributed by atoms with van der Waals surface area (Å²) in [5, 5.41) is 8.10. The summed E-state index contributed by atoms with van der Waals surface area (Å²) in [6.07, 6.45) is 4.37. The molecule has 3 aromatic rings. The fourth-order valence-electron chi connectivity index (χ4n) is 3.08. The van der Waals surface area contributed by atoms with Crippen molar-refractivity contribution < 1.29 is 4.79 Å². The molecule has 4 rings (SSSR count). The van der Waals surface area contributed by atoms with E-state index in [-0.39, 0.29) is 5.91 Å². The van der Waals surface area contributed by atoms with E-state index in [1.807, 2.05) is 23.4 Å². The number of aromatic nitrogens is 3. The van der Waals surface area contributed by atoms with Crippen LogP contribution in [0.2, 0.25) is 0 Å². The highest BCUT2D eigenvalue weighted by Crippen LogP contribution is 2.38. The second-order valence-electron chi connectivity index (χ2n) is 5.86. The standard InChI is InChI=1S/C16H16BrN5OS/c1-9-10(2)24-13-4-5-22(20(3)15(9)13)16(23)12-6-14-18-7-11(17)8-21(14)19-12/h6-8H,4-5H2,1-3H3. The zero-order valence-electron chi connectivity index (χ0n) is 13.6. The number of nitrogens with zero attached hydrogens (tertiary/aromatic N) is 5. The van der Waals surface area contributed by atoms with Crippen LogP contribution < -0.4 is 5.01 Å². The second kappa shape index (κ2) is 5.56. The van der Waals surface area contributed by atoms with Gasteiger partial charge in [-0.2, -0.15) is 5.10 Å². The first-order chi connectivity index (χ1) is 11.5. The van der Waals surface area contributed by atoms with E-state index >= 15 is 0 Å². The lowest BCUT2D eigenvalue weighted by atomic mass is 10.1. The molecule has 8 heteroatoms. The van der Waals surface area contributed by atoms with Crippen molar-refractivity contribution in [1.82, 2.24) is 19.6 Å². The van der Waals surface area contributed by atoms with Crippen molar-refractivity contribution in [2.24, 2.45) is 0 Å². The van der Waals surface area contributed by atoms with Crippen LogP contribution in [0.3, 0.4) is 0 Å². The van der Waals surface area contributed by atoms with E-state index in [1.54, 1.807) is 28.0 Å². The summed E-state index contributed by atoms with van der Waals surface area (Å²) in [5.74, 6) is -0.104. The molecule has 0 fully saturated rings. The van der Waals surface area contributed by atoms with Gasteiger partial charge in [0.15, 0.2) is 11.3 Å². The highest BCUT2D eigenvalue weighted by molar-refractivity contribution is 9.10. The highest BCUT2D eigenvalue weighted by atomic mass is 79.9. The maximum Gasteiger partial charge on any atom is 0.292 e. The van der Waals surface area contributed by atoms with Gasteiger partial charge < -0.3 is 0 Å². The van der Waals surface area contributed by atoms with Gasteiger partial charge in [0, 0.05) is 48.2 Å². The molecule has 0 N–H and O–H groups in total. The third kappa shape index (κ3) is 2.32. The number of aryl methyl sites for hydroxylation is 1. The highest BCUT2D eigenvalue weighted by Gasteiger charge is 2.30. The number of rotatable bonds is 1. The molecule has 6 nitrogen and oxygen atoms in total. The monoisotopic (exact) mass is 405 g/mol. The molecule has 1 aliphatic heterocycles. The van der Waals surface area contributed by atoms with Crippen LogP contribution in [0, 0.1) is 13.8 Å². The zero-order valence-corrected chi connectivity index (χ0v) is 16.0. The van der Waals surface area contributed by atoms with Crippen LogP contribution >= 0.6 is 27.3 Å². The topological polar surface area (TPSA) is 53.7 Å².